The predicted octanol–water partition coefficient (Wildman–Crippen LogP) is 2.95. The number of hydrogen-bond acceptors (Lipinski definition) is 1. The van der Waals surface area contributed by atoms with Crippen molar-refractivity contribution in [2.24, 2.45) is 5.92 Å². The topological polar surface area (TPSA) is 12.0 Å². The maximum absolute atomic E-state index is 3.73. The van der Waals surface area contributed by atoms with Crippen LogP contribution in [0.3, 0.4) is 0 Å². The van der Waals surface area contributed by atoms with Crippen LogP contribution in [0.25, 0.3) is 0 Å². The van der Waals surface area contributed by atoms with Crippen LogP contribution in [0, 0.1) is 5.92 Å². The van der Waals surface area contributed by atoms with Crippen LogP contribution >= 0.6 is 0 Å². The van der Waals surface area contributed by atoms with Crippen molar-refractivity contribution >= 4 is 0 Å². The molecule has 1 fully saturated rings. The summed E-state index contributed by atoms with van der Waals surface area (Å²) in [7, 11) is 0. The van der Waals surface area contributed by atoms with E-state index >= 15 is 0 Å². The van der Waals surface area contributed by atoms with Gasteiger partial charge in [-0.05, 0) is 31.6 Å². The Kier molecular flexibility index (Phi) is 4.07. The summed E-state index contributed by atoms with van der Waals surface area (Å²) in [6.45, 7) is 6.90. The molecule has 0 heterocycles. The predicted molar refractivity (Wildman–Crippen MR) is 54.3 cm³/mol. The molecule has 1 saturated carbocycles. The van der Waals surface area contributed by atoms with Gasteiger partial charge in [0.25, 0.3) is 0 Å². The van der Waals surface area contributed by atoms with Gasteiger partial charge in [0, 0.05) is 12.1 Å². The zero-order valence-corrected chi connectivity index (χ0v) is 8.77. The second-order valence-electron chi connectivity index (χ2n) is 4.33. The molecule has 1 atom stereocenters. The van der Waals surface area contributed by atoms with Gasteiger partial charge in [0.1, 0.15) is 0 Å². The first-order chi connectivity index (χ1) is 5.76. The average molecular weight is 169 g/mol. The highest BCUT2D eigenvalue weighted by Crippen LogP contribution is 2.27. The van der Waals surface area contributed by atoms with Gasteiger partial charge in [0.2, 0.25) is 0 Å². The fraction of sp³-hybridized carbons (Fsp3) is 1.00. The number of hydrogen-bond donors (Lipinski definition) is 1. The monoisotopic (exact) mass is 169 g/mol. The first-order valence-electron chi connectivity index (χ1n) is 5.52. The molecule has 1 rings (SSSR count). The highest BCUT2D eigenvalue weighted by atomic mass is 15.0. The molecule has 0 spiro atoms. The largest absolute Gasteiger partial charge is 0.311 e. The summed E-state index contributed by atoms with van der Waals surface area (Å²) < 4.78 is 0. The number of nitrogens with one attached hydrogen (secondary N) is 1. The van der Waals surface area contributed by atoms with E-state index in [1.807, 2.05) is 0 Å². The molecule has 0 aromatic heterocycles. The molecule has 1 nitrogen and oxygen atoms in total. The summed E-state index contributed by atoms with van der Waals surface area (Å²) >= 11 is 0. The Morgan fingerprint density at radius 2 is 2.00 bits per heavy atom. The Hall–Kier alpha value is -0.0400. The third-order valence-electron chi connectivity index (χ3n) is 2.98. The summed E-state index contributed by atoms with van der Waals surface area (Å²) in [5.41, 5.74) is 0. The van der Waals surface area contributed by atoms with Crippen LogP contribution in [0.15, 0.2) is 0 Å². The minimum atomic E-state index is 0.785. The maximum atomic E-state index is 3.73. The molecule has 0 aliphatic heterocycles. The van der Waals surface area contributed by atoms with Crippen LogP contribution < -0.4 is 5.32 Å². The summed E-state index contributed by atoms with van der Waals surface area (Å²) in [6.07, 6.45) is 6.76. The molecule has 1 N–H and O–H groups in total. The van der Waals surface area contributed by atoms with Crippen molar-refractivity contribution in [3.8, 4) is 0 Å². The van der Waals surface area contributed by atoms with Crippen molar-refractivity contribution in [2.45, 2.75) is 65.0 Å². The van der Waals surface area contributed by atoms with E-state index in [0.717, 1.165) is 18.0 Å². The van der Waals surface area contributed by atoms with E-state index in [9.17, 15) is 0 Å². The molecule has 0 amide bonds. The van der Waals surface area contributed by atoms with Crippen molar-refractivity contribution < 1.29 is 0 Å². The highest BCUT2D eigenvalue weighted by molar-refractivity contribution is 4.84. The standard InChI is InChI=1S/C11H23N/c1-4-6-10(5-2)12-11-7-9(3)8-11/h9-12H,4-8H2,1-3H3. The zero-order valence-electron chi connectivity index (χ0n) is 8.77. The summed E-state index contributed by atoms with van der Waals surface area (Å²) in [4.78, 5) is 0. The van der Waals surface area contributed by atoms with E-state index in [1.54, 1.807) is 0 Å². The second kappa shape index (κ2) is 4.86. The fourth-order valence-electron chi connectivity index (χ4n) is 2.13. The van der Waals surface area contributed by atoms with E-state index in [2.05, 4.69) is 26.1 Å². The smallest absolute Gasteiger partial charge is 0.00747 e. The lowest BCUT2D eigenvalue weighted by Crippen LogP contribution is -2.45. The first kappa shape index (κ1) is 10.0. The SMILES string of the molecule is CCCC(CC)NC1CC(C)C1. The Morgan fingerprint density at radius 1 is 1.33 bits per heavy atom. The molecule has 1 aliphatic rings. The molecule has 1 heteroatoms. The van der Waals surface area contributed by atoms with Gasteiger partial charge in [0.05, 0.1) is 0 Å². The van der Waals surface area contributed by atoms with Crippen LogP contribution in [0.1, 0.15) is 52.9 Å². The summed E-state index contributed by atoms with van der Waals surface area (Å²) in [5.74, 6) is 0.974. The van der Waals surface area contributed by atoms with Crippen LogP contribution in [0.5, 0.6) is 0 Å². The molecular weight excluding hydrogens is 146 g/mol. The van der Waals surface area contributed by atoms with Crippen molar-refractivity contribution in [3.63, 3.8) is 0 Å². The van der Waals surface area contributed by atoms with Crippen LogP contribution in [0.4, 0.5) is 0 Å². The molecule has 0 bridgehead atoms. The normalized spacial score (nSPS) is 31.2. The average Bonchev–Trinajstić information content (AvgIpc) is 2.00. The molecular formula is C11H23N. The van der Waals surface area contributed by atoms with Gasteiger partial charge >= 0.3 is 0 Å². The van der Waals surface area contributed by atoms with E-state index in [0.29, 0.717) is 0 Å². The molecule has 12 heavy (non-hydrogen) atoms. The van der Waals surface area contributed by atoms with Gasteiger partial charge in [-0.2, -0.15) is 0 Å². The van der Waals surface area contributed by atoms with Gasteiger partial charge in [-0.1, -0.05) is 27.2 Å². The molecule has 1 unspecified atom stereocenters. The molecule has 0 aromatic carbocycles. The van der Waals surface area contributed by atoms with Gasteiger partial charge in [-0.25, -0.2) is 0 Å². The van der Waals surface area contributed by atoms with Gasteiger partial charge < -0.3 is 5.32 Å². The van der Waals surface area contributed by atoms with Crippen molar-refractivity contribution in [3.05, 3.63) is 0 Å². The molecule has 1 aliphatic carbocycles. The van der Waals surface area contributed by atoms with Gasteiger partial charge in [-0.3, -0.25) is 0 Å². The molecule has 72 valence electrons. The summed E-state index contributed by atoms with van der Waals surface area (Å²) in [5, 5.41) is 3.73. The van der Waals surface area contributed by atoms with Crippen LogP contribution in [-0.4, -0.2) is 12.1 Å². The Balaban J connectivity index is 2.10. The lowest BCUT2D eigenvalue weighted by atomic mass is 9.81. The van der Waals surface area contributed by atoms with E-state index in [-0.39, 0.29) is 0 Å². The van der Waals surface area contributed by atoms with E-state index < -0.39 is 0 Å². The van der Waals surface area contributed by atoms with Crippen LogP contribution in [0.2, 0.25) is 0 Å². The Bertz CT molecular complexity index is 116. The minimum absolute atomic E-state index is 0.785. The van der Waals surface area contributed by atoms with Gasteiger partial charge in [0.15, 0.2) is 0 Å². The summed E-state index contributed by atoms with van der Waals surface area (Å²) in [6, 6.07) is 1.63. The Morgan fingerprint density at radius 3 is 2.42 bits per heavy atom. The van der Waals surface area contributed by atoms with E-state index in [1.165, 1.54) is 32.1 Å². The lowest BCUT2D eigenvalue weighted by molar-refractivity contribution is 0.216. The first-order valence-corrected chi connectivity index (χ1v) is 5.52. The van der Waals surface area contributed by atoms with Crippen LogP contribution in [-0.2, 0) is 0 Å². The third kappa shape index (κ3) is 2.78. The molecule has 0 radical (unpaired) electrons. The second-order valence-corrected chi connectivity index (χ2v) is 4.33. The number of rotatable bonds is 5. The van der Waals surface area contributed by atoms with E-state index in [4.69, 9.17) is 0 Å². The quantitative estimate of drug-likeness (QED) is 0.667. The zero-order chi connectivity index (χ0) is 8.97. The lowest BCUT2D eigenvalue weighted by Gasteiger charge is -2.36. The highest BCUT2D eigenvalue weighted by Gasteiger charge is 2.26. The third-order valence-corrected chi connectivity index (χ3v) is 2.98. The minimum Gasteiger partial charge on any atom is -0.311 e. The fourth-order valence-corrected chi connectivity index (χ4v) is 2.13. The Labute approximate surface area is 76.9 Å². The van der Waals surface area contributed by atoms with Crippen molar-refractivity contribution in [2.75, 3.05) is 0 Å². The van der Waals surface area contributed by atoms with Crippen molar-refractivity contribution in [1.82, 2.24) is 5.32 Å². The molecule has 0 saturated heterocycles. The van der Waals surface area contributed by atoms with Gasteiger partial charge in [-0.15, -0.1) is 0 Å². The molecule has 0 aromatic rings. The maximum Gasteiger partial charge on any atom is 0.00747 e. The van der Waals surface area contributed by atoms with Crippen molar-refractivity contribution in [1.29, 1.82) is 0 Å².